The van der Waals surface area contributed by atoms with Crippen LogP contribution in [-0.2, 0) is 4.79 Å². The van der Waals surface area contributed by atoms with Gasteiger partial charge >= 0.3 is 0 Å². The molecule has 0 fully saturated rings. The standard InChI is InChI=1S/C14H17N3OS/c1-10(2)7-15-13(18)8-19-14-11-5-3-4-6-12(11)16-9-17-14/h3-6,9-10H,7-8H2,1-2H3,(H,15,18). The van der Waals surface area contributed by atoms with Crippen molar-refractivity contribution in [3.05, 3.63) is 30.6 Å². The number of hydrogen-bond acceptors (Lipinski definition) is 4. The van der Waals surface area contributed by atoms with Gasteiger partial charge in [0.2, 0.25) is 5.91 Å². The number of rotatable bonds is 5. The Morgan fingerprint density at radius 1 is 1.32 bits per heavy atom. The largest absolute Gasteiger partial charge is 0.355 e. The van der Waals surface area contributed by atoms with Crippen LogP contribution in [0.2, 0.25) is 0 Å². The lowest BCUT2D eigenvalue weighted by Gasteiger charge is -2.07. The summed E-state index contributed by atoms with van der Waals surface area (Å²) < 4.78 is 0. The average molecular weight is 275 g/mol. The molecule has 0 saturated carbocycles. The third-order valence-electron chi connectivity index (χ3n) is 2.55. The fraction of sp³-hybridized carbons (Fsp3) is 0.357. The second-order valence-electron chi connectivity index (χ2n) is 4.68. The Hall–Kier alpha value is -1.62. The predicted molar refractivity (Wildman–Crippen MR) is 78.1 cm³/mol. The molecule has 0 atom stereocenters. The first-order valence-electron chi connectivity index (χ1n) is 6.26. The van der Waals surface area contributed by atoms with Crippen molar-refractivity contribution in [2.24, 2.45) is 5.92 Å². The maximum atomic E-state index is 11.7. The molecule has 1 heterocycles. The molecule has 2 aromatic rings. The first-order chi connectivity index (χ1) is 9.16. The van der Waals surface area contributed by atoms with Gasteiger partial charge in [0.05, 0.1) is 11.3 Å². The van der Waals surface area contributed by atoms with E-state index in [1.165, 1.54) is 18.1 Å². The van der Waals surface area contributed by atoms with E-state index in [4.69, 9.17) is 0 Å². The molecular weight excluding hydrogens is 258 g/mol. The minimum atomic E-state index is 0.0430. The van der Waals surface area contributed by atoms with Crippen LogP contribution in [-0.4, -0.2) is 28.2 Å². The summed E-state index contributed by atoms with van der Waals surface area (Å²) in [6.07, 6.45) is 1.54. The maximum Gasteiger partial charge on any atom is 0.230 e. The lowest BCUT2D eigenvalue weighted by atomic mass is 10.2. The summed E-state index contributed by atoms with van der Waals surface area (Å²) in [5.41, 5.74) is 0.905. The van der Waals surface area contributed by atoms with E-state index in [-0.39, 0.29) is 5.91 Å². The molecule has 0 unspecified atom stereocenters. The molecule has 1 aromatic heterocycles. The normalized spacial score (nSPS) is 10.9. The monoisotopic (exact) mass is 275 g/mol. The summed E-state index contributed by atoms with van der Waals surface area (Å²) in [7, 11) is 0. The molecule has 5 heteroatoms. The van der Waals surface area contributed by atoms with E-state index < -0.39 is 0 Å². The second kappa shape index (κ2) is 6.52. The minimum absolute atomic E-state index is 0.0430. The highest BCUT2D eigenvalue weighted by Crippen LogP contribution is 2.23. The number of benzene rings is 1. The number of hydrogen-bond donors (Lipinski definition) is 1. The highest BCUT2D eigenvalue weighted by molar-refractivity contribution is 8.00. The number of aromatic nitrogens is 2. The van der Waals surface area contributed by atoms with Crippen LogP contribution in [0, 0.1) is 5.92 Å². The number of thioether (sulfide) groups is 1. The fourth-order valence-electron chi connectivity index (χ4n) is 1.60. The van der Waals surface area contributed by atoms with Crippen molar-refractivity contribution < 1.29 is 4.79 Å². The number of nitrogens with zero attached hydrogens (tertiary/aromatic N) is 2. The molecule has 0 saturated heterocycles. The number of nitrogens with one attached hydrogen (secondary N) is 1. The third-order valence-corrected chi connectivity index (χ3v) is 3.56. The summed E-state index contributed by atoms with van der Waals surface area (Å²) >= 11 is 1.45. The Morgan fingerprint density at radius 2 is 2.11 bits per heavy atom. The Bertz CT molecular complexity index is 566. The van der Waals surface area contributed by atoms with Gasteiger partial charge in [0, 0.05) is 11.9 Å². The Balaban J connectivity index is 2.00. The molecule has 1 aromatic carbocycles. The van der Waals surface area contributed by atoms with E-state index in [1.807, 2.05) is 24.3 Å². The molecule has 4 nitrogen and oxygen atoms in total. The molecule has 19 heavy (non-hydrogen) atoms. The van der Waals surface area contributed by atoms with Gasteiger partial charge in [-0.1, -0.05) is 43.8 Å². The zero-order valence-electron chi connectivity index (χ0n) is 11.1. The first-order valence-corrected chi connectivity index (χ1v) is 7.24. The number of carbonyl (C=O) groups excluding carboxylic acids is 1. The summed E-state index contributed by atoms with van der Waals surface area (Å²) in [5.74, 6) is 0.892. The molecule has 0 bridgehead atoms. The molecule has 0 spiro atoms. The first kappa shape index (κ1) is 13.8. The lowest BCUT2D eigenvalue weighted by Crippen LogP contribution is -2.28. The SMILES string of the molecule is CC(C)CNC(=O)CSc1ncnc2ccccc12. The van der Waals surface area contributed by atoms with Gasteiger partial charge in [-0.2, -0.15) is 0 Å². The van der Waals surface area contributed by atoms with E-state index >= 15 is 0 Å². The van der Waals surface area contributed by atoms with Gasteiger partial charge in [0.25, 0.3) is 0 Å². The van der Waals surface area contributed by atoms with Gasteiger partial charge in [-0.25, -0.2) is 9.97 Å². The minimum Gasteiger partial charge on any atom is -0.355 e. The molecule has 100 valence electrons. The highest BCUT2D eigenvalue weighted by atomic mass is 32.2. The smallest absolute Gasteiger partial charge is 0.230 e. The summed E-state index contributed by atoms with van der Waals surface area (Å²) in [4.78, 5) is 20.1. The van der Waals surface area contributed by atoms with Crippen molar-refractivity contribution in [3.63, 3.8) is 0 Å². The van der Waals surface area contributed by atoms with E-state index in [1.54, 1.807) is 0 Å². The van der Waals surface area contributed by atoms with Crippen LogP contribution in [0.1, 0.15) is 13.8 Å². The molecule has 1 amide bonds. The number of para-hydroxylation sites is 1. The van der Waals surface area contributed by atoms with Gasteiger partial charge < -0.3 is 5.32 Å². The van der Waals surface area contributed by atoms with Crippen LogP contribution in [0.5, 0.6) is 0 Å². The topological polar surface area (TPSA) is 54.9 Å². The van der Waals surface area contributed by atoms with E-state index in [0.29, 0.717) is 18.2 Å². The number of fused-ring (bicyclic) bond motifs is 1. The van der Waals surface area contributed by atoms with Gasteiger partial charge in [0.1, 0.15) is 11.4 Å². The molecule has 0 aliphatic rings. The van der Waals surface area contributed by atoms with Gasteiger partial charge in [-0.3, -0.25) is 4.79 Å². The fourth-order valence-corrected chi connectivity index (χ4v) is 2.42. The quantitative estimate of drug-likeness (QED) is 0.673. The molecule has 2 rings (SSSR count). The number of carbonyl (C=O) groups is 1. The van der Waals surface area contributed by atoms with Gasteiger partial charge in [-0.05, 0) is 12.0 Å². The van der Waals surface area contributed by atoms with Crippen molar-refractivity contribution in [1.29, 1.82) is 0 Å². The summed E-state index contributed by atoms with van der Waals surface area (Å²) in [6, 6.07) is 7.82. The van der Waals surface area contributed by atoms with Crippen LogP contribution in [0.25, 0.3) is 10.9 Å². The van der Waals surface area contributed by atoms with Crippen molar-refractivity contribution in [1.82, 2.24) is 15.3 Å². The van der Waals surface area contributed by atoms with Crippen molar-refractivity contribution in [3.8, 4) is 0 Å². The highest BCUT2D eigenvalue weighted by Gasteiger charge is 2.07. The van der Waals surface area contributed by atoms with E-state index in [0.717, 1.165) is 15.9 Å². The van der Waals surface area contributed by atoms with Crippen LogP contribution < -0.4 is 5.32 Å². The van der Waals surface area contributed by atoms with Gasteiger partial charge in [-0.15, -0.1) is 0 Å². The lowest BCUT2D eigenvalue weighted by molar-refractivity contribution is -0.118. The summed E-state index contributed by atoms with van der Waals surface area (Å²) in [6.45, 7) is 4.86. The molecule has 0 aliphatic heterocycles. The van der Waals surface area contributed by atoms with E-state index in [9.17, 15) is 4.79 Å². The Morgan fingerprint density at radius 3 is 2.89 bits per heavy atom. The van der Waals surface area contributed by atoms with Crippen LogP contribution in [0.4, 0.5) is 0 Å². The zero-order chi connectivity index (χ0) is 13.7. The van der Waals surface area contributed by atoms with Crippen molar-refractivity contribution in [2.75, 3.05) is 12.3 Å². The average Bonchev–Trinajstić information content (AvgIpc) is 2.42. The molecule has 0 radical (unpaired) electrons. The van der Waals surface area contributed by atoms with E-state index in [2.05, 4.69) is 29.1 Å². The Kier molecular flexibility index (Phi) is 4.74. The molecule has 0 aliphatic carbocycles. The predicted octanol–water partition coefficient (Wildman–Crippen LogP) is 2.49. The van der Waals surface area contributed by atoms with Crippen LogP contribution in [0.15, 0.2) is 35.6 Å². The zero-order valence-corrected chi connectivity index (χ0v) is 11.9. The van der Waals surface area contributed by atoms with Gasteiger partial charge in [0.15, 0.2) is 0 Å². The Labute approximate surface area is 117 Å². The van der Waals surface area contributed by atoms with Crippen molar-refractivity contribution in [2.45, 2.75) is 18.9 Å². The molecular formula is C14H17N3OS. The second-order valence-corrected chi connectivity index (χ2v) is 5.65. The number of amides is 1. The third kappa shape index (κ3) is 3.92. The van der Waals surface area contributed by atoms with Crippen molar-refractivity contribution >= 4 is 28.6 Å². The maximum absolute atomic E-state index is 11.7. The summed E-state index contributed by atoms with van der Waals surface area (Å²) in [5, 5.41) is 4.74. The van der Waals surface area contributed by atoms with Crippen LogP contribution >= 0.6 is 11.8 Å². The molecule has 1 N–H and O–H groups in total. The van der Waals surface area contributed by atoms with Crippen LogP contribution in [0.3, 0.4) is 0 Å².